The normalized spacial score (nSPS) is 10.8. The van der Waals surface area contributed by atoms with Gasteiger partial charge < -0.3 is 19.2 Å². The molecule has 0 aliphatic carbocycles. The van der Waals surface area contributed by atoms with E-state index in [0.717, 1.165) is 11.1 Å². The number of nitrogens with one attached hydrogen (secondary N) is 1. The minimum atomic E-state index is -0.262. The molecule has 0 spiro atoms. The molecule has 0 saturated carbocycles. The van der Waals surface area contributed by atoms with Gasteiger partial charge in [-0.3, -0.25) is 4.79 Å². The van der Waals surface area contributed by atoms with Crippen molar-refractivity contribution in [2.75, 3.05) is 18.5 Å². The molecule has 7 nitrogen and oxygen atoms in total. The predicted octanol–water partition coefficient (Wildman–Crippen LogP) is 5.25. The zero-order valence-electron chi connectivity index (χ0n) is 17.6. The second-order valence-electron chi connectivity index (χ2n) is 6.84. The van der Waals surface area contributed by atoms with E-state index in [2.05, 4.69) is 15.3 Å². The number of hydrogen-bond acceptors (Lipinski definition) is 6. The number of amides is 1. The molecule has 0 bridgehead atoms. The summed E-state index contributed by atoms with van der Waals surface area (Å²) in [4.78, 5) is 21.7. The summed E-state index contributed by atoms with van der Waals surface area (Å²) in [7, 11) is 0. The van der Waals surface area contributed by atoms with E-state index in [1.165, 1.54) is 0 Å². The molecular formula is C24H23N3O4. The summed E-state index contributed by atoms with van der Waals surface area (Å²) in [6.07, 6.45) is 1.67. The zero-order chi connectivity index (χ0) is 21.8. The maximum absolute atomic E-state index is 13.0. The van der Waals surface area contributed by atoms with Crippen molar-refractivity contribution in [1.82, 2.24) is 9.97 Å². The van der Waals surface area contributed by atoms with E-state index in [4.69, 9.17) is 13.9 Å². The molecule has 0 atom stereocenters. The van der Waals surface area contributed by atoms with E-state index in [0.29, 0.717) is 53.1 Å². The smallest absolute Gasteiger partial charge is 0.255 e. The summed E-state index contributed by atoms with van der Waals surface area (Å²) in [5, 5.41) is 2.97. The lowest BCUT2D eigenvalue weighted by Gasteiger charge is -2.13. The Morgan fingerprint density at radius 3 is 2.45 bits per heavy atom. The number of benzene rings is 2. The first kappa shape index (κ1) is 20.4. The molecule has 158 valence electrons. The van der Waals surface area contributed by atoms with Gasteiger partial charge in [0.1, 0.15) is 11.5 Å². The van der Waals surface area contributed by atoms with Crippen LogP contribution in [0.25, 0.3) is 22.7 Å². The van der Waals surface area contributed by atoms with Crippen molar-refractivity contribution in [2.24, 2.45) is 0 Å². The van der Waals surface area contributed by atoms with Gasteiger partial charge in [-0.2, -0.15) is 4.98 Å². The predicted molar refractivity (Wildman–Crippen MR) is 119 cm³/mol. The van der Waals surface area contributed by atoms with Gasteiger partial charge in [0.15, 0.2) is 11.2 Å². The third-order valence-electron chi connectivity index (χ3n) is 4.74. The number of hydrogen-bond donors (Lipinski definition) is 1. The first-order chi connectivity index (χ1) is 15.1. The molecular weight excluding hydrogens is 394 g/mol. The van der Waals surface area contributed by atoms with Crippen LogP contribution in [0.15, 0.2) is 59.1 Å². The molecule has 0 unspecified atom stereocenters. The highest BCUT2D eigenvalue weighted by Gasteiger charge is 2.16. The SMILES string of the molecule is CCOc1cc(OCC)cc(C(=O)Nc2cccc(-c3nc4ncccc4o3)c2C)c1. The summed E-state index contributed by atoms with van der Waals surface area (Å²) in [6.45, 7) is 6.69. The second kappa shape index (κ2) is 8.87. The van der Waals surface area contributed by atoms with Crippen molar-refractivity contribution in [2.45, 2.75) is 20.8 Å². The highest BCUT2D eigenvalue weighted by Crippen LogP contribution is 2.31. The Morgan fingerprint density at radius 2 is 1.77 bits per heavy atom. The van der Waals surface area contributed by atoms with E-state index in [1.54, 1.807) is 30.5 Å². The number of pyridine rings is 1. The van der Waals surface area contributed by atoms with Gasteiger partial charge >= 0.3 is 0 Å². The lowest BCUT2D eigenvalue weighted by molar-refractivity contribution is 0.102. The summed E-state index contributed by atoms with van der Waals surface area (Å²) in [5.41, 5.74) is 3.90. The zero-order valence-corrected chi connectivity index (χ0v) is 17.6. The van der Waals surface area contributed by atoms with E-state index in [-0.39, 0.29) is 5.91 Å². The number of rotatable bonds is 7. The van der Waals surface area contributed by atoms with Gasteiger partial charge in [-0.1, -0.05) is 6.07 Å². The molecule has 0 radical (unpaired) electrons. The van der Waals surface area contributed by atoms with Gasteiger partial charge in [0.05, 0.1) is 13.2 Å². The maximum Gasteiger partial charge on any atom is 0.255 e. The second-order valence-corrected chi connectivity index (χ2v) is 6.84. The van der Waals surface area contributed by atoms with Crippen LogP contribution in [0.1, 0.15) is 29.8 Å². The monoisotopic (exact) mass is 417 g/mol. The van der Waals surface area contributed by atoms with E-state index in [1.807, 2.05) is 45.0 Å². The molecule has 0 aliphatic heterocycles. The quantitative estimate of drug-likeness (QED) is 0.442. The fraction of sp³-hybridized carbons (Fsp3) is 0.208. The van der Waals surface area contributed by atoms with Crippen molar-refractivity contribution in [3.05, 3.63) is 65.9 Å². The van der Waals surface area contributed by atoms with Crippen LogP contribution in [0.3, 0.4) is 0 Å². The molecule has 4 rings (SSSR count). The van der Waals surface area contributed by atoms with Crippen LogP contribution in [0, 0.1) is 6.92 Å². The van der Waals surface area contributed by atoms with Crippen LogP contribution in [-0.2, 0) is 0 Å². The number of nitrogens with zero attached hydrogens (tertiary/aromatic N) is 2. The Balaban J connectivity index is 1.64. The number of carbonyl (C=O) groups is 1. The number of oxazole rings is 1. The molecule has 2 aromatic carbocycles. The molecule has 2 aromatic heterocycles. The third-order valence-corrected chi connectivity index (χ3v) is 4.74. The lowest BCUT2D eigenvalue weighted by Crippen LogP contribution is -2.13. The topological polar surface area (TPSA) is 86.5 Å². The fourth-order valence-corrected chi connectivity index (χ4v) is 3.28. The molecule has 0 aliphatic rings. The largest absolute Gasteiger partial charge is 0.494 e. The summed E-state index contributed by atoms with van der Waals surface area (Å²) in [6, 6.07) is 14.4. The molecule has 4 aromatic rings. The third kappa shape index (κ3) is 4.35. The Kier molecular flexibility index (Phi) is 5.84. The Morgan fingerprint density at radius 1 is 1.03 bits per heavy atom. The fourth-order valence-electron chi connectivity index (χ4n) is 3.28. The number of fused-ring (bicyclic) bond motifs is 1. The molecule has 0 saturated heterocycles. The standard InChI is InChI=1S/C24H23N3O4/c1-4-29-17-12-16(13-18(14-17)30-5-2)23(28)26-20-9-6-8-19(15(20)3)24-27-22-21(31-24)10-7-11-25-22/h6-14H,4-5H2,1-3H3,(H,26,28). The average molecular weight is 417 g/mol. The van der Waals surface area contributed by atoms with Gasteiger partial charge in [-0.25, -0.2) is 4.98 Å². The summed E-state index contributed by atoms with van der Waals surface area (Å²) < 4.78 is 17.0. The van der Waals surface area contributed by atoms with Crippen molar-refractivity contribution >= 4 is 22.8 Å². The molecule has 1 N–H and O–H groups in total. The van der Waals surface area contributed by atoms with Crippen molar-refractivity contribution in [3.8, 4) is 23.0 Å². The van der Waals surface area contributed by atoms with Crippen LogP contribution >= 0.6 is 0 Å². The Bertz CT molecular complexity index is 1180. The Labute approximate surface area is 180 Å². The number of anilines is 1. The van der Waals surface area contributed by atoms with Gasteiger partial charge in [-0.05, 0) is 62.7 Å². The van der Waals surface area contributed by atoms with E-state index >= 15 is 0 Å². The van der Waals surface area contributed by atoms with Crippen LogP contribution in [0.2, 0.25) is 0 Å². The van der Waals surface area contributed by atoms with Gasteiger partial charge in [0, 0.05) is 29.1 Å². The van der Waals surface area contributed by atoms with Gasteiger partial charge in [0.25, 0.3) is 5.91 Å². The highest BCUT2D eigenvalue weighted by molar-refractivity contribution is 6.05. The van der Waals surface area contributed by atoms with Crippen LogP contribution < -0.4 is 14.8 Å². The molecule has 0 fully saturated rings. The maximum atomic E-state index is 13.0. The van der Waals surface area contributed by atoms with Gasteiger partial charge in [-0.15, -0.1) is 0 Å². The first-order valence-corrected chi connectivity index (χ1v) is 10.1. The molecule has 31 heavy (non-hydrogen) atoms. The minimum Gasteiger partial charge on any atom is -0.494 e. The van der Waals surface area contributed by atoms with Crippen molar-refractivity contribution < 1.29 is 18.7 Å². The van der Waals surface area contributed by atoms with Crippen LogP contribution in [0.5, 0.6) is 11.5 Å². The minimum absolute atomic E-state index is 0.262. The van der Waals surface area contributed by atoms with E-state index in [9.17, 15) is 4.79 Å². The van der Waals surface area contributed by atoms with Crippen molar-refractivity contribution in [1.29, 1.82) is 0 Å². The summed E-state index contributed by atoms with van der Waals surface area (Å²) >= 11 is 0. The van der Waals surface area contributed by atoms with Crippen LogP contribution in [0.4, 0.5) is 5.69 Å². The Hall–Kier alpha value is -3.87. The lowest BCUT2D eigenvalue weighted by atomic mass is 10.1. The molecule has 7 heteroatoms. The highest BCUT2D eigenvalue weighted by atomic mass is 16.5. The first-order valence-electron chi connectivity index (χ1n) is 10.1. The van der Waals surface area contributed by atoms with E-state index < -0.39 is 0 Å². The average Bonchev–Trinajstić information content (AvgIpc) is 3.19. The number of ether oxygens (including phenoxy) is 2. The van der Waals surface area contributed by atoms with Crippen molar-refractivity contribution in [3.63, 3.8) is 0 Å². The van der Waals surface area contributed by atoms with Crippen LogP contribution in [-0.4, -0.2) is 29.1 Å². The molecule has 2 heterocycles. The number of aromatic nitrogens is 2. The number of carbonyl (C=O) groups excluding carboxylic acids is 1. The van der Waals surface area contributed by atoms with Gasteiger partial charge in [0.2, 0.25) is 5.89 Å². The molecule has 1 amide bonds. The summed E-state index contributed by atoms with van der Waals surface area (Å²) in [5.74, 6) is 1.37.